The first kappa shape index (κ1) is 20.9. The smallest absolute Gasteiger partial charge is 0.264 e. The van der Waals surface area contributed by atoms with Crippen molar-refractivity contribution in [3.63, 3.8) is 0 Å². The van der Waals surface area contributed by atoms with Gasteiger partial charge in [0.05, 0.1) is 17.1 Å². The van der Waals surface area contributed by atoms with Crippen LogP contribution in [0.4, 0.5) is 5.69 Å². The third-order valence-corrected chi connectivity index (χ3v) is 7.19. The molecular formula is C23H23N3O4S. The number of aromatic amines is 1. The zero-order valence-corrected chi connectivity index (χ0v) is 17.8. The molecule has 0 aliphatic carbocycles. The highest BCUT2D eigenvalue weighted by molar-refractivity contribution is 7.92. The summed E-state index contributed by atoms with van der Waals surface area (Å²) >= 11 is 0. The number of sulfonamides is 1. The van der Waals surface area contributed by atoms with Gasteiger partial charge in [0, 0.05) is 30.2 Å². The molecule has 160 valence electrons. The van der Waals surface area contributed by atoms with Crippen molar-refractivity contribution >= 4 is 32.5 Å². The van der Waals surface area contributed by atoms with Gasteiger partial charge in [0.1, 0.15) is 5.56 Å². The molecule has 1 saturated heterocycles. The van der Waals surface area contributed by atoms with Crippen molar-refractivity contribution < 1.29 is 13.2 Å². The van der Waals surface area contributed by atoms with Crippen LogP contribution in [0.2, 0.25) is 0 Å². The number of para-hydroxylation sites is 1. The Kier molecular flexibility index (Phi) is 5.65. The number of likely N-dealkylation sites (tertiary alicyclic amines) is 1. The minimum absolute atomic E-state index is 0.0231. The van der Waals surface area contributed by atoms with E-state index in [4.69, 9.17) is 0 Å². The van der Waals surface area contributed by atoms with E-state index in [1.54, 1.807) is 41.3 Å². The molecule has 31 heavy (non-hydrogen) atoms. The molecule has 0 atom stereocenters. The fourth-order valence-electron chi connectivity index (χ4n) is 3.79. The van der Waals surface area contributed by atoms with Crippen LogP contribution in [-0.4, -0.2) is 43.8 Å². The van der Waals surface area contributed by atoms with Crippen LogP contribution in [0.15, 0.2) is 77.1 Å². The Labute approximate surface area is 180 Å². The molecule has 0 spiro atoms. The van der Waals surface area contributed by atoms with E-state index in [2.05, 4.69) is 11.6 Å². The van der Waals surface area contributed by atoms with Crippen molar-refractivity contribution in [1.29, 1.82) is 0 Å². The van der Waals surface area contributed by atoms with Crippen LogP contribution >= 0.6 is 0 Å². The van der Waals surface area contributed by atoms with Gasteiger partial charge in [-0.05, 0) is 43.2 Å². The molecule has 8 heteroatoms. The topological polar surface area (TPSA) is 90.6 Å². The van der Waals surface area contributed by atoms with Crippen molar-refractivity contribution in [3.05, 3.63) is 83.2 Å². The molecule has 2 aromatic carbocycles. The number of hydrogen-bond acceptors (Lipinski definition) is 4. The molecule has 1 aromatic heterocycles. The number of rotatable bonds is 6. The molecule has 1 aliphatic heterocycles. The number of H-pyrrole nitrogens is 1. The minimum atomic E-state index is -3.96. The van der Waals surface area contributed by atoms with Crippen molar-refractivity contribution in [2.45, 2.75) is 17.7 Å². The molecule has 2 heterocycles. The van der Waals surface area contributed by atoms with Gasteiger partial charge in [0.25, 0.3) is 15.9 Å². The second-order valence-electron chi connectivity index (χ2n) is 7.40. The number of pyridine rings is 1. The van der Waals surface area contributed by atoms with Crippen LogP contribution in [0, 0.1) is 0 Å². The summed E-state index contributed by atoms with van der Waals surface area (Å²) in [6.45, 7) is 4.99. The van der Waals surface area contributed by atoms with Gasteiger partial charge in [-0.25, -0.2) is 8.42 Å². The van der Waals surface area contributed by atoms with Gasteiger partial charge in [-0.15, -0.1) is 6.58 Å². The van der Waals surface area contributed by atoms with E-state index in [-0.39, 0.29) is 28.3 Å². The van der Waals surface area contributed by atoms with Crippen molar-refractivity contribution in [2.24, 2.45) is 0 Å². The van der Waals surface area contributed by atoms with E-state index >= 15 is 0 Å². The first-order valence-corrected chi connectivity index (χ1v) is 11.5. The molecule has 0 bridgehead atoms. The summed E-state index contributed by atoms with van der Waals surface area (Å²) in [7, 11) is -3.96. The van der Waals surface area contributed by atoms with Gasteiger partial charge in [-0.2, -0.15) is 0 Å². The Morgan fingerprint density at radius 3 is 2.52 bits per heavy atom. The number of fused-ring (bicyclic) bond motifs is 1. The fourth-order valence-corrected chi connectivity index (χ4v) is 5.25. The average molecular weight is 438 g/mol. The van der Waals surface area contributed by atoms with Crippen molar-refractivity contribution in [1.82, 2.24) is 9.88 Å². The first-order valence-electron chi connectivity index (χ1n) is 10.1. The lowest BCUT2D eigenvalue weighted by Gasteiger charge is -2.23. The summed E-state index contributed by atoms with van der Waals surface area (Å²) in [5.41, 5.74) is 0.513. The number of carbonyl (C=O) groups excluding carboxylic acids is 1. The molecule has 0 radical (unpaired) electrons. The standard InChI is InChI=1S/C23H23N3O4S/c1-2-12-26(17-8-4-3-5-9-17)31(29,30)18-10-11-21-19(15-18)22(27)20(16-24-21)23(28)25-13-6-7-14-25/h2-5,8-11,15-16H,1,6-7,12-14H2,(H,24,27). The molecule has 0 unspecified atom stereocenters. The Morgan fingerprint density at radius 1 is 1.13 bits per heavy atom. The van der Waals surface area contributed by atoms with Crippen LogP contribution in [0.5, 0.6) is 0 Å². The van der Waals surface area contributed by atoms with Gasteiger partial charge in [0.15, 0.2) is 0 Å². The Bertz CT molecular complexity index is 1290. The van der Waals surface area contributed by atoms with E-state index < -0.39 is 15.5 Å². The zero-order chi connectivity index (χ0) is 22.0. The van der Waals surface area contributed by atoms with E-state index in [0.29, 0.717) is 24.3 Å². The number of benzene rings is 2. The number of anilines is 1. The largest absolute Gasteiger partial charge is 0.360 e. The molecule has 1 amide bonds. The lowest BCUT2D eigenvalue weighted by atomic mass is 10.1. The highest BCUT2D eigenvalue weighted by atomic mass is 32.2. The van der Waals surface area contributed by atoms with Gasteiger partial charge in [-0.1, -0.05) is 24.3 Å². The minimum Gasteiger partial charge on any atom is -0.360 e. The SMILES string of the molecule is C=CCN(c1ccccc1)S(=O)(=O)c1ccc2[nH]cc(C(=O)N3CCCC3)c(=O)c2c1. The van der Waals surface area contributed by atoms with Gasteiger partial charge < -0.3 is 9.88 Å². The average Bonchev–Trinajstić information content (AvgIpc) is 3.32. The molecule has 1 N–H and O–H groups in total. The van der Waals surface area contributed by atoms with E-state index in [0.717, 1.165) is 12.8 Å². The highest BCUT2D eigenvalue weighted by Gasteiger charge is 2.26. The molecule has 4 rings (SSSR count). The maximum absolute atomic E-state index is 13.4. The lowest BCUT2D eigenvalue weighted by molar-refractivity contribution is 0.0791. The number of hydrogen-bond donors (Lipinski definition) is 1. The van der Waals surface area contributed by atoms with E-state index in [9.17, 15) is 18.0 Å². The summed E-state index contributed by atoms with van der Waals surface area (Å²) in [6.07, 6.45) is 4.75. The number of aromatic nitrogens is 1. The van der Waals surface area contributed by atoms with Crippen LogP contribution in [0.1, 0.15) is 23.2 Å². The Morgan fingerprint density at radius 2 is 1.84 bits per heavy atom. The summed E-state index contributed by atoms with van der Waals surface area (Å²) in [5.74, 6) is -0.327. The van der Waals surface area contributed by atoms with Gasteiger partial charge in [0.2, 0.25) is 5.43 Å². The summed E-state index contributed by atoms with van der Waals surface area (Å²) in [5, 5.41) is 0.165. The maximum Gasteiger partial charge on any atom is 0.264 e. The molecule has 1 fully saturated rings. The monoisotopic (exact) mass is 437 g/mol. The zero-order valence-electron chi connectivity index (χ0n) is 17.0. The second-order valence-corrected chi connectivity index (χ2v) is 9.26. The van der Waals surface area contributed by atoms with Crippen LogP contribution in [-0.2, 0) is 10.0 Å². The number of nitrogens with one attached hydrogen (secondary N) is 1. The normalized spacial score (nSPS) is 14.0. The number of amides is 1. The van der Waals surface area contributed by atoms with E-state index in [1.165, 1.54) is 28.7 Å². The molecule has 0 saturated carbocycles. The van der Waals surface area contributed by atoms with Crippen molar-refractivity contribution in [3.8, 4) is 0 Å². The quantitative estimate of drug-likeness (QED) is 0.600. The number of carbonyl (C=O) groups is 1. The highest BCUT2D eigenvalue weighted by Crippen LogP contribution is 2.25. The molecule has 1 aliphatic rings. The maximum atomic E-state index is 13.4. The summed E-state index contributed by atoms with van der Waals surface area (Å²) in [4.78, 5) is 30.4. The lowest BCUT2D eigenvalue weighted by Crippen LogP contribution is -2.32. The summed E-state index contributed by atoms with van der Waals surface area (Å²) < 4.78 is 28.0. The van der Waals surface area contributed by atoms with Gasteiger partial charge >= 0.3 is 0 Å². The van der Waals surface area contributed by atoms with Crippen LogP contribution in [0.25, 0.3) is 10.9 Å². The Hall–Kier alpha value is -3.39. The van der Waals surface area contributed by atoms with Crippen LogP contribution in [0.3, 0.4) is 0 Å². The predicted molar refractivity (Wildman–Crippen MR) is 121 cm³/mol. The fraction of sp³-hybridized carbons (Fsp3) is 0.217. The number of nitrogens with zero attached hydrogens (tertiary/aromatic N) is 2. The third kappa shape index (κ3) is 3.86. The Balaban J connectivity index is 1.80. The molecular weight excluding hydrogens is 414 g/mol. The van der Waals surface area contributed by atoms with Crippen molar-refractivity contribution in [2.75, 3.05) is 23.9 Å². The molecule has 3 aromatic rings. The van der Waals surface area contributed by atoms with Gasteiger partial charge in [-0.3, -0.25) is 13.9 Å². The summed E-state index contributed by atoms with van der Waals surface area (Å²) in [6, 6.07) is 13.0. The first-order chi connectivity index (χ1) is 14.9. The third-order valence-electron chi connectivity index (χ3n) is 5.40. The predicted octanol–water partition coefficient (Wildman–Crippen LogP) is 3.15. The second kappa shape index (κ2) is 8.39. The molecule has 7 nitrogen and oxygen atoms in total. The van der Waals surface area contributed by atoms with Crippen LogP contribution < -0.4 is 9.73 Å². The van der Waals surface area contributed by atoms with E-state index in [1.807, 2.05) is 0 Å².